The van der Waals surface area contributed by atoms with Crippen molar-refractivity contribution in [3.8, 4) is 0 Å². The lowest BCUT2D eigenvalue weighted by Gasteiger charge is -2.19. The molecule has 1 N–H and O–H groups in total. The molecule has 5 nitrogen and oxygen atoms in total. The predicted octanol–water partition coefficient (Wildman–Crippen LogP) is 2.39. The van der Waals surface area contributed by atoms with Gasteiger partial charge in [0.05, 0.1) is 5.57 Å². The molecule has 0 aliphatic rings. The molecule has 0 bridgehead atoms. The van der Waals surface area contributed by atoms with Crippen molar-refractivity contribution < 1.29 is 22.5 Å². The van der Waals surface area contributed by atoms with E-state index in [-0.39, 0.29) is 11.0 Å². The van der Waals surface area contributed by atoms with Crippen LogP contribution in [0.4, 0.5) is 0 Å². The minimum Gasteiger partial charge on any atom is -0.443 e. The SMILES string of the molecule is C=C(C(=O)OCS(=O)(=O)O)c1ccc(C(C)(C)C)cc1. The molecule has 0 saturated heterocycles. The maximum Gasteiger partial charge on any atom is 0.339 e. The number of carbonyl (C=O) groups is 1. The van der Waals surface area contributed by atoms with Gasteiger partial charge in [0, 0.05) is 0 Å². The summed E-state index contributed by atoms with van der Waals surface area (Å²) in [6.45, 7) is 9.77. The van der Waals surface area contributed by atoms with E-state index in [1.165, 1.54) is 0 Å². The molecule has 20 heavy (non-hydrogen) atoms. The first-order valence-corrected chi connectivity index (χ1v) is 7.54. The Morgan fingerprint density at radius 1 is 1.25 bits per heavy atom. The monoisotopic (exact) mass is 298 g/mol. The van der Waals surface area contributed by atoms with E-state index in [0.717, 1.165) is 5.56 Å². The lowest BCUT2D eigenvalue weighted by atomic mass is 9.86. The Balaban J connectivity index is 2.80. The van der Waals surface area contributed by atoms with E-state index in [2.05, 4.69) is 32.1 Å². The third kappa shape index (κ3) is 4.79. The molecule has 0 radical (unpaired) electrons. The highest BCUT2D eigenvalue weighted by Crippen LogP contribution is 2.24. The number of benzene rings is 1. The van der Waals surface area contributed by atoms with Crippen molar-refractivity contribution in [1.29, 1.82) is 0 Å². The Morgan fingerprint density at radius 3 is 2.15 bits per heavy atom. The van der Waals surface area contributed by atoms with Crippen LogP contribution in [0.1, 0.15) is 31.9 Å². The number of ether oxygens (including phenoxy) is 1. The highest BCUT2D eigenvalue weighted by Gasteiger charge is 2.17. The van der Waals surface area contributed by atoms with Gasteiger partial charge in [0.15, 0.2) is 0 Å². The molecule has 0 atom stereocenters. The van der Waals surface area contributed by atoms with Gasteiger partial charge < -0.3 is 4.74 Å². The van der Waals surface area contributed by atoms with Crippen LogP contribution in [-0.2, 0) is 25.1 Å². The number of rotatable bonds is 4. The maximum atomic E-state index is 11.6. The predicted molar refractivity (Wildman–Crippen MR) is 76.7 cm³/mol. The van der Waals surface area contributed by atoms with Gasteiger partial charge in [-0.05, 0) is 16.5 Å². The molecular formula is C14H18O5S. The van der Waals surface area contributed by atoms with Gasteiger partial charge in [0.1, 0.15) is 0 Å². The molecule has 1 aromatic rings. The van der Waals surface area contributed by atoms with Crippen LogP contribution in [0.25, 0.3) is 5.57 Å². The van der Waals surface area contributed by atoms with Gasteiger partial charge in [-0.25, -0.2) is 4.79 Å². The molecule has 1 rings (SSSR count). The zero-order valence-corrected chi connectivity index (χ0v) is 12.5. The lowest BCUT2D eigenvalue weighted by molar-refractivity contribution is -0.134. The lowest BCUT2D eigenvalue weighted by Crippen LogP contribution is -2.14. The molecule has 0 amide bonds. The van der Waals surface area contributed by atoms with Crippen molar-refractivity contribution in [3.63, 3.8) is 0 Å². The average molecular weight is 298 g/mol. The quantitative estimate of drug-likeness (QED) is 0.524. The van der Waals surface area contributed by atoms with Crippen molar-refractivity contribution in [3.05, 3.63) is 42.0 Å². The van der Waals surface area contributed by atoms with E-state index in [0.29, 0.717) is 5.56 Å². The fourth-order valence-electron chi connectivity index (χ4n) is 1.50. The molecule has 110 valence electrons. The first-order chi connectivity index (χ1) is 9.00. The van der Waals surface area contributed by atoms with Crippen molar-refractivity contribution >= 4 is 21.7 Å². The molecule has 0 aliphatic heterocycles. The van der Waals surface area contributed by atoms with Crippen molar-refractivity contribution in [1.82, 2.24) is 0 Å². The van der Waals surface area contributed by atoms with E-state index < -0.39 is 22.0 Å². The molecular weight excluding hydrogens is 280 g/mol. The third-order valence-electron chi connectivity index (χ3n) is 2.68. The summed E-state index contributed by atoms with van der Waals surface area (Å²) in [5.74, 6) is -1.96. The largest absolute Gasteiger partial charge is 0.443 e. The van der Waals surface area contributed by atoms with Crippen molar-refractivity contribution in [2.75, 3.05) is 5.94 Å². The summed E-state index contributed by atoms with van der Waals surface area (Å²) >= 11 is 0. The van der Waals surface area contributed by atoms with E-state index in [4.69, 9.17) is 4.55 Å². The summed E-state index contributed by atoms with van der Waals surface area (Å²) in [5, 5.41) is 0. The second kappa shape index (κ2) is 5.76. The zero-order valence-electron chi connectivity index (χ0n) is 11.7. The summed E-state index contributed by atoms with van der Waals surface area (Å²) < 4.78 is 34.0. The normalized spacial score (nSPS) is 12.0. The van der Waals surface area contributed by atoms with Crippen molar-refractivity contribution in [2.45, 2.75) is 26.2 Å². The smallest absolute Gasteiger partial charge is 0.339 e. The zero-order chi connectivity index (χ0) is 15.6. The van der Waals surface area contributed by atoms with Gasteiger partial charge in [-0.15, -0.1) is 0 Å². The molecule has 0 heterocycles. The van der Waals surface area contributed by atoms with Crippen LogP contribution < -0.4 is 0 Å². The molecule has 0 aliphatic carbocycles. The Bertz CT molecular complexity index is 606. The number of esters is 1. The van der Waals surface area contributed by atoms with Crippen LogP contribution in [0.3, 0.4) is 0 Å². The van der Waals surface area contributed by atoms with E-state index in [9.17, 15) is 13.2 Å². The van der Waals surface area contributed by atoms with Gasteiger partial charge in [-0.2, -0.15) is 8.42 Å². The number of hydrogen-bond acceptors (Lipinski definition) is 4. The fraction of sp³-hybridized carbons (Fsp3) is 0.357. The van der Waals surface area contributed by atoms with Crippen LogP contribution in [0, 0.1) is 0 Å². The second-order valence-electron chi connectivity index (χ2n) is 5.44. The van der Waals surface area contributed by atoms with E-state index in [1.54, 1.807) is 12.1 Å². The second-order valence-corrected chi connectivity index (χ2v) is 6.84. The van der Waals surface area contributed by atoms with Crippen LogP contribution in [0.5, 0.6) is 0 Å². The Labute approximate surface area is 119 Å². The van der Waals surface area contributed by atoms with Crippen LogP contribution in [0.2, 0.25) is 0 Å². The summed E-state index contributed by atoms with van der Waals surface area (Å²) in [6, 6.07) is 7.18. The molecule has 0 spiro atoms. The Kier molecular flexibility index (Phi) is 4.73. The van der Waals surface area contributed by atoms with E-state index >= 15 is 0 Å². The molecule has 1 aromatic carbocycles. The van der Waals surface area contributed by atoms with Crippen molar-refractivity contribution in [2.24, 2.45) is 0 Å². The minimum atomic E-state index is -4.35. The molecule has 0 saturated carbocycles. The van der Waals surface area contributed by atoms with Gasteiger partial charge in [0.2, 0.25) is 5.94 Å². The Hall–Kier alpha value is -1.66. The highest BCUT2D eigenvalue weighted by molar-refractivity contribution is 7.85. The highest BCUT2D eigenvalue weighted by atomic mass is 32.2. The number of carbonyl (C=O) groups excluding carboxylic acids is 1. The summed E-state index contributed by atoms with van der Waals surface area (Å²) in [6.07, 6.45) is 0. The fourth-order valence-corrected chi connectivity index (χ4v) is 1.76. The van der Waals surface area contributed by atoms with Crippen LogP contribution >= 0.6 is 0 Å². The standard InChI is InChI=1S/C14H18O5S/c1-10(13(15)19-9-20(16,17)18)11-5-7-12(8-6-11)14(2,3)4/h5-8H,1,9H2,2-4H3,(H,16,17,18). The van der Waals surface area contributed by atoms with Gasteiger partial charge in [-0.3, -0.25) is 4.55 Å². The molecule has 6 heteroatoms. The summed E-state index contributed by atoms with van der Waals surface area (Å²) in [5.41, 5.74) is 1.67. The molecule has 0 aromatic heterocycles. The first-order valence-electron chi connectivity index (χ1n) is 5.93. The number of hydrogen-bond donors (Lipinski definition) is 1. The van der Waals surface area contributed by atoms with Gasteiger partial charge in [-0.1, -0.05) is 51.6 Å². The van der Waals surface area contributed by atoms with Gasteiger partial charge >= 0.3 is 16.1 Å². The maximum absolute atomic E-state index is 11.6. The average Bonchev–Trinajstić information content (AvgIpc) is 2.33. The van der Waals surface area contributed by atoms with Crippen LogP contribution in [-0.4, -0.2) is 24.9 Å². The summed E-state index contributed by atoms with van der Waals surface area (Å²) in [7, 11) is -4.35. The molecule has 0 unspecified atom stereocenters. The Morgan fingerprint density at radius 2 is 1.75 bits per heavy atom. The summed E-state index contributed by atoms with van der Waals surface area (Å²) in [4.78, 5) is 11.6. The van der Waals surface area contributed by atoms with Crippen LogP contribution in [0.15, 0.2) is 30.8 Å². The molecule has 0 fully saturated rings. The van der Waals surface area contributed by atoms with E-state index in [1.807, 2.05) is 12.1 Å². The minimum absolute atomic E-state index is 0.00859. The van der Waals surface area contributed by atoms with Gasteiger partial charge in [0.25, 0.3) is 0 Å². The topological polar surface area (TPSA) is 80.7 Å². The first kappa shape index (κ1) is 16.4. The third-order valence-corrected chi connectivity index (χ3v) is 3.10.